The van der Waals surface area contributed by atoms with Crippen LogP contribution in [0.5, 0.6) is 11.5 Å². The molecule has 4 saturated carbocycles. The van der Waals surface area contributed by atoms with E-state index in [1.165, 1.54) is 0 Å². The normalized spacial score (nSPS) is 23.8. The van der Waals surface area contributed by atoms with Gasteiger partial charge < -0.3 is 42.6 Å². The summed E-state index contributed by atoms with van der Waals surface area (Å²) in [6, 6.07) is 3.13. The molecular formula is C59H79NO16S2. The van der Waals surface area contributed by atoms with Gasteiger partial charge in [0.05, 0.1) is 75.8 Å². The van der Waals surface area contributed by atoms with E-state index < -0.39 is 47.8 Å². The fourth-order valence-electron chi connectivity index (χ4n) is 10.4. The Morgan fingerprint density at radius 1 is 0.526 bits per heavy atom. The molecule has 0 unspecified atom stereocenters. The molecule has 1 aromatic carbocycles. The second kappa shape index (κ2) is 32.8. The summed E-state index contributed by atoms with van der Waals surface area (Å²) in [6.07, 6.45) is 18.8. The number of carbonyl (C=O) groups excluding carboxylic acids is 7. The van der Waals surface area contributed by atoms with Gasteiger partial charge in [0.1, 0.15) is 23.7 Å². The van der Waals surface area contributed by atoms with Crippen molar-refractivity contribution in [3.05, 3.63) is 58.8 Å². The Labute approximate surface area is 468 Å². The van der Waals surface area contributed by atoms with Crippen LogP contribution in [0.3, 0.4) is 0 Å². The molecule has 1 aliphatic heterocycles. The van der Waals surface area contributed by atoms with Gasteiger partial charge >= 0.3 is 41.8 Å². The Balaban J connectivity index is 0.929. The average Bonchev–Trinajstić information content (AvgIpc) is 3.95. The third-order valence-electron chi connectivity index (χ3n) is 14.9. The van der Waals surface area contributed by atoms with Gasteiger partial charge in [0, 0.05) is 25.4 Å². The van der Waals surface area contributed by atoms with Crippen molar-refractivity contribution >= 4 is 65.3 Å². The highest BCUT2D eigenvalue weighted by Gasteiger charge is 2.38. The Kier molecular flexibility index (Phi) is 26.1. The number of unbranched alkanes of at least 4 members (excludes halogenated alkanes) is 6. The molecule has 5 aliphatic rings. The molecule has 4 fully saturated rings. The number of hydrogen-bond donors (Lipinski definition) is 0. The van der Waals surface area contributed by atoms with Crippen LogP contribution in [-0.2, 0) is 66.7 Å². The van der Waals surface area contributed by atoms with Crippen LogP contribution in [0.15, 0.2) is 57.2 Å². The van der Waals surface area contributed by atoms with Crippen molar-refractivity contribution < 1.29 is 76.2 Å². The standard InChI is InChI=1S/C59H79NO16S2/c1-6-49(61)70-36-14-10-8-12-34-68-43-24-16-39(17-25-43)54(63)73-45-28-20-41(21-29-45)56(65)75-47-32-33-48(53-52(47)77-59(78-53)51(60-5)58(67)72-38(3)4)76-57(66)42-22-30-46(31-23-42)74-55(64)40-18-26-44(27-19-40)69-35-13-9-11-15-37-71-50(62)7-2/h6-7,32-33,38-46H,1-2,8-31,34-37H2,3-4H3. The number of thioether (sulfide) groups is 2. The topological polar surface area (TPSA) is 207 Å². The molecule has 0 spiro atoms. The molecule has 0 bridgehead atoms. The maximum absolute atomic E-state index is 13.8. The molecule has 1 heterocycles. The van der Waals surface area contributed by atoms with E-state index in [0.29, 0.717) is 118 Å². The van der Waals surface area contributed by atoms with Crippen LogP contribution < -0.4 is 9.47 Å². The van der Waals surface area contributed by atoms with Gasteiger partial charge in [-0.05, 0) is 167 Å². The van der Waals surface area contributed by atoms with Crippen LogP contribution in [0, 0.1) is 30.2 Å². The fraction of sp³-hybridized carbons (Fsp3) is 0.661. The number of rotatable bonds is 28. The quantitative estimate of drug-likeness (QED) is 0.0191. The third kappa shape index (κ3) is 19.9. The van der Waals surface area contributed by atoms with Gasteiger partial charge in [0.25, 0.3) is 5.70 Å². The summed E-state index contributed by atoms with van der Waals surface area (Å²) >= 11 is 2.16. The summed E-state index contributed by atoms with van der Waals surface area (Å²) in [5.41, 5.74) is -0.233. The van der Waals surface area contributed by atoms with Gasteiger partial charge in [-0.3, -0.25) is 24.0 Å². The van der Waals surface area contributed by atoms with Crippen molar-refractivity contribution in [2.75, 3.05) is 26.4 Å². The van der Waals surface area contributed by atoms with Gasteiger partial charge in [-0.1, -0.05) is 49.5 Å². The summed E-state index contributed by atoms with van der Waals surface area (Å²) in [5, 5.41) is 0. The number of benzene rings is 1. The minimum Gasteiger partial charge on any atom is -0.468 e. The zero-order valence-corrected chi connectivity index (χ0v) is 47.1. The first-order valence-corrected chi connectivity index (χ1v) is 29.9. The van der Waals surface area contributed by atoms with E-state index in [1.54, 1.807) is 26.0 Å². The van der Waals surface area contributed by atoms with Crippen LogP contribution >= 0.6 is 23.5 Å². The monoisotopic (exact) mass is 1120 g/mol. The summed E-state index contributed by atoms with van der Waals surface area (Å²) in [6.45, 7) is 20.1. The second-order valence-corrected chi connectivity index (χ2v) is 23.3. The van der Waals surface area contributed by atoms with E-state index in [-0.39, 0.29) is 65.4 Å². The molecule has 0 radical (unpaired) electrons. The number of ether oxygens (including phenoxy) is 9. The van der Waals surface area contributed by atoms with E-state index in [0.717, 1.165) is 113 Å². The Morgan fingerprint density at radius 2 is 0.872 bits per heavy atom. The van der Waals surface area contributed by atoms with E-state index in [1.807, 2.05) is 0 Å². The molecule has 0 saturated heterocycles. The maximum atomic E-state index is 13.8. The Hall–Kier alpha value is -5.16. The van der Waals surface area contributed by atoms with Gasteiger partial charge in [-0.15, -0.1) is 0 Å². The smallest absolute Gasteiger partial charge is 0.338 e. The molecule has 428 valence electrons. The Bertz CT molecular complexity index is 2160. The van der Waals surface area contributed by atoms with Crippen molar-refractivity contribution in [2.24, 2.45) is 23.7 Å². The molecule has 0 atom stereocenters. The second-order valence-electron chi connectivity index (χ2n) is 21.0. The Morgan fingerprint density at radius 3 is 1.22 bits per heavy atom. The lowest BCUT2D eigenvalue weighted by Gasteiger charge is -2.31. The largest absolute Gasteiger partial charge is 0.468 e. The lowest BCUT2D eigenvalue weighted by Crippen LogP contribution is -2.33. The first-order chi connectivity index (χ1) is 37.7. The van der Waals surface area contributed by atoms with Crippen molar-refractivity contribution in [2.45, 2.75) is 208 Å². The molecule has 1 aromatic rings. The fourth-order valence-corrected chi connectivity index (χ4v) is 12.9. The maximum Gasteiger partial charge on any atom is 0.338 e. The highest BCUT2D eigenvalue weighted by atomic mass is 32.2. The molecule has 19 heteroatoms. The molecule has 17 nitrogen and oxygen atoms in total. The van der Waals surface area contributed by atoms with Crippen LogP contribution in [0.4, 0.5) is 0 Å². The number of nitrogens with zero attached hydrogens (tertiary/aromatic N) is 1. The number of fused-ring (bicyclic) bond motifs is 1. The van der Waals surface area contributed by atoms with Crippen LogP contribution in [0.1, 0.15) is 168 Å². The molecule has 0 aromatic heterocycles. The average molecular weight is 1120 g/mol. The first-order valence-electron chi connectivity index (χ1n) is 28.3. The summed E-state index contributed by atoms with van der Waals surface area (Å²) in [5.74, 6) is -3.74. The van der Waals surface area contributed by atoms with Gasteiger partial charge in [0.2, 0.25) is 0 Å². The zero-order valence-electron chi connectivity index (χ0n) is 45.5. The molecular weight excluding hydrogens is 1040 g/mol. The summed E-state index contributed by atoms with van der Waals surface area (Å²) in [4.78, 5) is 93.7. The minimum atomic E-state index is -0.790. The van der Waals surface area contributed by atoms with E-state index >= 15 is 0 Å². The summed E-state index contributed by atoms with van der Waals surface area (Å²) in [7, 11) is 0. The van der Waals surface area contributed by atoms with Crippen molar-refractivity contribution in [1.29, 1.82) is 0 Å². The highest BCUT2D eigenvalue weighted by Crippen LogP contribution is 2.59. The van der Waals surface area contributed by atoms with Crippen LogP contribution in [0.25, 0.3) is 4.85 Å². The molecule has 4 aliphatic carbocycles. The predicted octanol–water partition coefficient (Wildman–Crippen LogP) is 11.7. The van der Waals surface area contributed by atoms with Crippen LogP contribution in [0.2, 0.25) is 0 Å². The van der Waals surface area contributed by atoms with Crippen molar-refractivity contribution in [3.63, 3.8) is 0 Å². The van der Waals surface area contributed by atoms with E-state index in [4.69, 9.17) is 49.2 Å². The van der Waals surface area contributed by atoms with E-state index in [9.17, 15) is 33.6 Å². The lowest BCUT2D eigenvalue weighted by molar-refractivity contribution is -0.160. The first kappa shape index (κ1) is 62.0. The molecule has 78 heavy (non-hydrogen) atoms. The van der Waals surface area contributed by atoms with Gasteiger partial charge in [0.15, 0.2) is 0 Å². The SMILES string of the molecule is [C-]#[N+]C(C(=O)OC(C)C)=C1Sc2c(OC(=O)C3CCC(OC(=O)C4CCC(OCCCCCCOC(=O)C=C)CC4)CC3)ccc(OC(=O)C3CCC(OC(=O)C4CCC(OCCCCCCOC(=O)C=C)CC4)CC3)c2S1. The minimum absolute atomic E-state index is 0.122. The third-order valence-corrected chi connectivity index (χ3v) is 17.5. The van der Waals surface area contributed by atoms with Gasteiger partial charge in [-0.2, -0.15) is 0 Å². The lowest BCUT2D eigenvalue weighted by atomic mass is 9.86. The number of hydrogen-bond acceptors (Lipinski definition) is 18. The zero-order chi connectivity index (χ0) is 55.8. The molecule has 6 rings (SSSR count). The van der Waals surface area contributed by atoms with Crippen LogP contribution in [-0.4, -0.2) is 98.7 Å². The summed E-state index contributed by atoms with van der Waals surface area (Å²) < 4.78 is 51.9. The van der Waals surface area contributed by atoms with Gasteiger partial charge in [-0.25, -0.2) is 14.4 Å². The predicted molar refractivity (Wildman–Crippen MR) is 291 cm³/mol. The van der Waals surface area contributed by atoms with Crippen molar-refractivity contribution in [3.8, 4) is 11.5 Å². The highest BCUT2D eigenvalue weighted by molar-refractivity contribution is 8.24. The van der Waals surface area contributed by atoms with E-state index in [2.05, 4.69) is 18.0 Å². The molecule has 0 N–H and O–H groups in total. The number of carbonyl (C=O) groups is 7. The number of esters is 7. The van der Waals surface area contributed by atoms with Crippen molar-refractivity contribution in [1.82, 2.24) is 0 Å². The molecule has 0 amide bonds.